The number of thiophene rings is 1. The van der Waals surface area contributed by atoms with Crippen molar-refractivity contribution >= 4 is 28.2 Å². The van der Waals surface area contributed by atoms with Gasteiger partial charge < -0.3 is 14.3 Å². The molecule has 0 fully saturated rings. The van der Waals surface area contributed by atoms with Crippen molar-refractivity contribution in [3.63, 3.8) is 0 Å². The van der Waals surface area contributed by atoms with Crippen molar-refractivity contribution in [2.75, 3.05) is 6.54 Å². The lowest BCUT2D eigenvalue weighted by atomic mass is 10.2. The van der Waals surface area contributed by atoms with Crippen LogP contribution in [-0.4, -0.2) is 22.0 Å². The first-order valence-electron chi connectivity index (χ1n) is 8.49. The molecule has 4 aromatic rings. The summed E-state index contributed by atoms with van der Waals surface area (Å²) >= 11 is 1.64. The third-order valence-corrected chi connectivity index (χ3v) is 5.16. The number of fused-ring (bicyclic) bond motifs is 1. The van der Waals surface area contributed by atoms with E-state index in [9.17, 15) is 9.59 Å². The minimum atomic E-state index is -0.636. The first-order chi connectivity index (χ1) is 13.1. The van der Waals surface area contributed by atoms with E-state index in [0.29, 0.717) is 23.9 Å². The van der Waals surface area contributed by atoms with Crippen molar-refractivity contribution in [1.82, 2.24) is 14.9 Å². The van der Waals surface area contributed by atoms with Crippen LogP contribution in [0.4, 0.5) is 0 Å². The molecule has 7 heteroatoms. The van der Waals surface area contributed by atoms with Crippen molar-refractivity contribution in [3.8, 4) is 10.6 Å². The largest absolute Gasteiger partial charge is 0.422 e. The summed E-state index contributed by atoms with van der Waals surface area (Å²) in [5, 5.41) is 5.50. The lowest BCUT2D eigenvalue weighted by molar-refractivity contribution is 0.0950. The molecule has 0 bridgehead atoms. The Morgan fingerprint density at radius 2 is 2.11 bits per heavy atom. The Morgan fingerprint density at radius 3 is 2.93 bits per heavy atom. The fourth-order valence-corrected chi connectivity index (χ4v) is 3.56. The lowest BCUT2D eigenvalue weighted by Gasteiger charge is -2.05. The van der Waals surface area contributed by atoms with Gasteiger partial charge in [0.25, 0.3) is 5.91 Å². The predicted molar refractivity (Wildman–Crippen MR) is 105 cm³/mol. The van der Waals surface area contributed by atoms with Crippen LogP contribution < -0.4 is 10.9 Å². The molecule has 0 aliphatic carbocycles. The molecule has 0 radical (unpaired) electrons. The second kappa shape index (κ2) is 7.20. The number of para-hydroxylation sites is 1. The molecule has 1 aromatic carbocycles. The molecular formula is C20H17N3O3S. The summed E-state index contributed by atoms with van der Waals surface area (Å²) in [5.41, 5.74) is 0.758. The van der Waals surface area contributed by atoms with Crippen molar-refractivity contribution in [1.29, 1.82) is 0 Å². The number of imidazole rings is 1. The van der Waals surface area contributed by atoms with Gasteiger partial charge in [0, 0.05) is 31.6 Å². The van der Waals surface area contributed by atoms with Gasteiger partial charge in [-0.05, 0) is 23.6 Å². The van der Waals surface area contributed by atoms with E-state index in [2.05, 4.69) is 10.3 Å². The summed E-state index contributed by atoms with van der Waals surface area (Å²) in [7, 11) is 1.93. The maximum Gasteiger partial charge on any atom is 0.349 e. The average Bonchev–Trinajstić information content (AvgIpc) is 3.31. The van der Waals surface area contributed by atoms with Crippen LogP contribution in [0.1, 0.15) is 16.2 Å². The Bertz CT molecular complexity index is 1160. The number of aryl methyl sites for hydroxylation is 1. The van der Waals surface area contributed by atoms with E-state index >= 15 is 0 Å². The predicted octanol–water partition coefficient (Wildman–Crippen LogP) is 3.23. The molecule has 27 heavy (non-hydrogen) atoms. The molecular weight excluding hydrogens is 362 g/mol. The van der Waals surface area contributed by atoms with Crippen LogP contribution >= 0.6 is 11.3 Å². The summed E-state index contributed by atoms with van der Waals surface area (Å²) in [6.07, 6.45) is 2.54. The fraction of sp³-hybridized carbons (Fsp3) is 0.150. The Labute approximate surface area is 159 Å². The smallest absolute Gasteiger partial charge is 0.349 e. The van der Waals surface area contributed by atoms with Gasteiger partial charge in [-0.15, -0.1) is 11.3 Å². The number of aromatic nitrogens is 2. The molecule has 0 spiro atoms. The number of carbonyl (C=O) groups is 1. The van der Waals surface area contributed by atoms with Gasteiger partial charge >= 0.3 is 5.63 Å². The molecule has 0 atom stereocenters. The number of nitrogens with zero attached hydrogens (tertiary/aromatic N) is 2. The third kappa shape index (κ3) is 3.54. The zero-order chi connectivity index (χ0) is 18.8. The number of rotatable bonds is 5. The van der Waals surface area contributed by atoms with Crippen LogP contribution in [0.3, 0.4) is 0 Å². The highest BCUT2D eigenvalue weighted by atomic mass is 32.1. The monoisotopic (exact) mass is 379 g/mol. The van der Waals surface area contributed by atoms with Crippen molar-refractivity contribution in [2.45, 2.75) is 6.42 Å². The zero-order valence-corrected chi connectivity index (χ0v) is 15.5. The van der Waals surface area contributed by atoms with E-state index in [0.717, 1.165) is 16.4 Å². The van der Waals surface area contributed by atoms with E-state index in [4.69, 9.17) is 4.42 Å². The molecule has 0 aliphatic rings. The molecule has 0 aliphatic heterocycles. The number of hydrogen-bond donors (Lipinski definition) is 1. The third-order valence-electron chi connectivity index (χ3n) is 4.27. The molecule has 3 aromatic heterocycles. The van der Waals surface area contributed by atoms with Gasteiger partial charge in [0.05, 0.1) is 10.6 Å². The molecule has 1 N–H and O–H groups in total. The van der Waals surface area contributed by atoms with Crippen LogP contribution in [0.15, 0.2) is 63.3 Å². The van der Waals surface area contributed by atoms with Gasteiger partial charge in [0.2, 0.25) is 0 Å². The van der Waals surface area contributed by atoms with Crippen LogP contribution in [-0.2, 0) is 13.5 Å². The average molecular weight is 379 g/mol. The first-order valence-corrected chi connectivity index (χ1v) is 9.37. The summed E-state index contributed by atoms with van der Waals surface area (Å²) in [6.45, 7) is 0.375. The topological polar surface area (TPSA) is 77.1 Å². The van der Waals surface area contributed by atoms with Gasteiger partial charge in [-0.3, -0.25) is 4.79 Å². The Balaban J connectivity index is 1.44. The van der Waals surface area contributed by atoms with Gasteiger partial charge in [-0.25, -0.2) is 9.78 Å². The van der Waals surface area contributed by atoms with Crippen LogP contribution in [0, 0.1) is 0 Å². The molecule has 3 heterocycles. The molecule has 136 valence electrons. The zero-order valence-electron chi connectivity index (χ0n) is 14.6. The van der Waals surface area contributed by atoms with Gasteiger partial charge in [-0.2, -0.15) is 0 Å². The van der Waals surface area contributed by atoms with E-state index < -0.39 is 11.5 Å². The normalized spacial score (nSPS) is 11.0. The number of nitrogens with one attached hydrogen (secondary N) is 1. The first kappa shape index (κ1) is 17.2. The van der Waals surface area contributed by atoms with Crippen LogP contribution in [0.25, 0.3) is 21.5 Å². The minimum Gasteiger partial charge on any atom is -0.422 e. The van der Waals surface area contributed by atoms with E-state index in [1.54, 1.807) is 35.6 Å². The second-order valence-electron chi connectivity index (χ2n) is 6.12. The summed E-state index contributed by atoms with van der Waals surface area (Å²) in [5.74, 6) is 0.423. The van der Waals surface area contributed by atoms with Crippen molar-refractivity contribution < 1.29 is 9.21 Å². The highest BCUT2D eigenvalue weighted by molar-refractivity contribution is 7.13. The maximum atomic E-state index is 12.4. The Morgan fingerprint density at radius 1 is 1.26 bits per heavy atom. The van der Waals surface area contributed by atoms with Crippen molar-refractivity contribution in [2.24, 2.45) is 7.05 Å². The SMILES string of the molecule is Cn1cc(-c2cccs2)nc1CCNC(=O)c1cc2ccccc2oc1=O. The maximum absolute atomic E-state index is 12.4. The highest BCUT2D eigenvalue weighted by Gasteiger charge is 2.14. The number of benzene rings is 1. The van der Waals surface area contributed by atoms with Gasteiger partial charge in [0.1, 0.15) is 17.0 Å². The molecule has 0 saturated heterocycles. The van der Waals surface area contributed by atoms with Crippen LogP contribution in [0.5, 0.6) is 0 Å². The fourth-order valence-electron chi connectivity index (χ4n) is 2.88. The van der Waals surface area contributed by atoms with Crippen molar-refractivity contribution in [3.05, 3.63) is 75.8 Å². The standard InChI is InChI=1S/C20H17N3O3S/c1-23-12-15(17-7-4-10-27-17)22-18(23)8-9-21-19(24)14-11-13-5-2-3-6-16(13)26-20(14)25/h2-7,10-12H,8-9H2,1H3,(H,21,24). The Kier molecular flexibility index (Phi) is 4.60. The lowest BCUT2D eigenvalue weighted by Crippen LogP contribution is -2.30. The second-order valence-corrected chi connectivity index (χ2v) is 7.07. The van der Waals surface area contributed by atoms with E-state index in [1.807, 2.05) is 41.4 Å². The number of hydrogen-bond acceptors (Lipinski definition) is 5. The Hall–Kier alpha value is -3.19. The molecule has 0 unspecified atom stereocenters. The quantitative estimate of drug-likeness (QED) is 0.540. The van der Waals surface area contributed by atoms with Gasteiger partial charge in [-0.1, -0.05) is 24.3 Å². The minimum absolute atomic E-state index is 0.00724. The number of carbonyl (C=O) groups excluding carboxylic acids is 1. The van der Waals surface area contributed by atoms with Crippen LogP contribution in [0.2, 0.25) is 0 Å². The van der Waals surface area contributed by atoms with Gasteiger partial charge in [0.15, 0.2) is 0 Å². The highest BCUT2D eigenvalue weighted by Crippen LogP contribution is 2.23. The molecule has 0 saturated carbocycles. The summed E-state index contributed by atoms with van der Waals surface area (Å²) in [4.78, 5) is 30.2. The number of amides is 1. The molecule has 4 rings (SSSR count). The molecule has 6 nitrogen and oxygen atoms in total. The summed E-state index contributed by atoms with van der Waals surface area (Å²) in [6, 6.07) is 12.7. The summed E-state index contributed by atoms with van der Waals surface area (Å²) < 4.78 is 7.16. The molecule has 1 amide bonds. The van der Waals surface area contributed by atoms with E-state index in [-0.39, 0.29) is 5.56 Å². The van der Waals surface area contributed by atoms with E-state index in [1.165, 1.54) is 0 Å².